The molecule has 1 atom stereocenters. The van der Waals surface area contributed by atoms with Crippen LogP contribution in [0.2, 0.25) is 0 Å². The number of hydrogen-bond donors (Lipinski definition) is 2. The van der Waals surface area contributed by atoms with Gasteiger partial charge in [0.2, 0.25) is 12.3 Å². The number of aryl methyl sites for hydroxylation is 2. The molecule has 1 fully saturated rings. The molecule has 0 aliphatic carbocycles. The zero-order valence-corrected chi connectivity index (χ0v) is 18.7. The van der Waals surface area contributed by atoms with Crippen LogP contribution in [0.25, 0.3) is 0 Å². The van der Waals surface area contributed by atoms with Crippen molar-refractivity contribution in [2.75, 3.05) is 18.5 Å². The summed E-state index contributed by atoms with van der Waals surface area (Å²) in [6, 6.07) is 3.05. The van der Waals surface area contributed by atoms with E-state index in [-0.39, 0.29) is 42.3 Å². The summed E-state index contributed by atoms with van der Waals surface area (Å²) in [5.74, 6) is 0.512. The number of nitrogens with one attached hydrogen (secondary N) is 1. The van der Waals surface area contributed by atoms with E-state index in [4.69, 9.17) is 4.74 Å². The molecule has 0 saturated carbocycles. The lowest BCUT2D eigenvalue weighted by Gasteiger charge is -2.15. The zero-order valence-electron chi connectivity index (χ0n) is 18.7. The molecule has 1 aliphatic rings. The first-order valence-corrected chi connectivity index (χ1v) is 10.5. The Morgan fingerprint density at radius 3 is 2.91 bits per heavy atom. The molecule has 3 rings (SSSR count). The Kier molecular flexibility index (Phi) is 7.60. The van der Waals surface area contributed by atoms with Crippen molar-refractivity contribution in [2.24, 2.45) is 12.0 Å². The number of aromatic nitrogens is 2. The molecule has 1 aliphatic heterocycles. The number of nitrogens with zero attached hydrogens (tertiary/aromatic N) is 4. The Labute approximate surface area is 191 Å². The third kappa shape index (κ3) is 6.06. The molecule has 10 heteroatoms. The highest BCUT2D eigenvalue weighted by Gasteiger charge is 2.24. The van der Waals surface area contributed by atoms with Crippen molar-refractivity contribution in [3.05, 3.63) is 41.9 Å². The Morgan fingerprint density at radius 1 is 1.42 bits per heavy atom. The Bertz CT molecular complexity index is 1090. The SMILES string of the molecule is C=C1CC(C=Nc2cc(OCCCC(=O)Nc3cn(C)c(C=O)n3)c(O)cc2C)N(C=O)C1. The van der Waals surface area contributed by atoms with Crippen molar-refractivity contribution in [1.82, 2.24) is 14.5 Å². The predicted octanol–water partition coefficient (Wildman–Crippen LogP) is 2.53. The number of carbonyl (C=O) groups excluding carboxylic acids is 3. The first kappa shape index (κ1) is 23.7. The van der Waals surface area contributed by atoms with Crippen molar-refractivity contribution in [3.63, 3.8) is 0 Å². The standard InChI is InChI=1S/C23H27N5O5/c1-15-7-17(28(11-15)14-30)10-24-18-9-20(19(31)8-16(18)2)33-6-4-5-23(32)26-21-12-27(3)22(13-29)25-21/h8-10,12-14,17,31H,1,4-7,11H2,2-3H3,(H,26,32). The van der Waals surface area contributed by atoms with Gasteiger partial charge >= 0.3 is 0 Å². The Morgan fingerprint density at radius 2 is 2.21 bits per heavy atom. The van der Waals surface area contributed by atoms with Gasteiger partial charge in [0, 0.05) is 38.5 Å². The fraction of sp³-hybridized carbons (Fsp3) is 0.348. The number of aldehydes is 1. The molecular formula is C23H27N5O5. The van der Waals surface area contributed by atoms with Crippen LogP contribution in [-0.2, 0) is 16.6 Å². The van der Waals surface area contributed by atoms with E-state index >= 15 is 0 Å². The van der Waals surface area contributed by atoms with E-state index in [0.29, 0.717) is 37.2 Å². The van der Waals surface area contributed by atoms with Crippen LogP contribution >= 0.6 is 0 Å². The summed E-state index contributed by atoms with van der Waals surface area (Å²) in [7, 11) is 1.66. The van der Waals surface area contributed by atoms with Crippen LogP contribution in [0.4, 0.5) is 11.5 Å². The first-order valence-electron chi connectivity index (χ1n) is 10.5. The number of imidazole rings is 1. The molecular weight excluding hydrogens is 426 g/mol. The van der Waals surface area contributed by atoms with E-state index in [1.807, 2.05) is 6.92 Å². The van der Waals surface area contributed by atoms with Crippen LogP contribution in [0.3, 0.4) is 0 Å². The van der Waals surface area contributed by atoms with Crippen molar-refractivity contribution in [3.8, 4) is 11.5 Å². The molecule has 33 heavy (non-hydrogen) atoms. The highest BCUT2D eigenvalue weighted by molar-refractivity contribution is 5.90. The molecule has 2 amide bonds. The van der Waals surface area contributed by atoms with Gasteiger partial charge in [0.25, 0.3) is 0 Å². The maximum absolute atomic E-state index is 12.1. The molecule has 0 bridgehead atoms. The highest BCUT2D eigenvalue weighted by Crippen LogP contribution is 2.34. The number of aromatic hydroxyl groups is 1. The maximum Gasteiger partial charge on any atom is 0.225 e. The molecule has 2 heterocycles. The minimum Gasteiger partial charge on any atom is -0.504 e. The second-order valence-corrected chi connectivity index (χ2v) is 7.90. The summed E-state index contributed by atoms with van der Waals surface area (Å²) >= 11 is 0. The normalized spacial score (nSPS) is 15.8. The van der Waals surface area contributed by atoms with Gasteiger partial charge in [-0.15, -0.1) is 0 Å². The van der Waals surface area contributed by atoms with E-state index in [1.165, 1.54) is 4.57 Å². The number of carbonyl (C=O) groups is 3. The van der Waals surface area contributed by atoms with Gasteiger partial charge in [-0.3, -0.25) is 19.4 Å². The summed E-state index contributed by atoms with van der Waals surface area (Å²) < 4.78 is 7.17. The smallest absolute Gasteiger partial charge is 0.225 e. The predicted molar refractivity (Wildman–Crippen MR) is 123 cm³/mol. The van der Waals surface area contributed by atoms with Gasteiger partial charge in [-0.1, -0.05) is 12.2 Å². The number of benzene rings is 1. The molecule has 2 aromatic rings. The van der Waals surface area contributed by atoms with Crippen LogP contribution in [-0.4, -0.2) is 63.6 Å². The Hall–Kier alpha value is -3.95. The largest absolute Gasteiger partial charge is 0.504 e. The number of phenolic OH excluding ortho intramolecular Hbond substituents is 1. The molecule has 174 valence electrons. The zero-order chi connectivity index (χ0) is 24.0. The average Bonchev–Trinajstić information content (AvgIpc) is 3.32. The third-order valence-corrected chi connectivity index (χ3v) is 5.22. The van der Waals surface area contributed by atoms with E-state index < -0.39 is 0 Å². The molecule has 1 unspecified atom stereocenters. The highest BCUT2D eigenvalue weighted by atomic mass is 16.5. The number of likely N-dealkylation sites (tertiary alicyclic amines) is 1. The van der Waals surface area contributed by atoms with E-state index in [2.05, 4.69) is 21.9 Å². The van der Waals surface area contributed by atoms with Crippen molar-refractivity contribution in [2.45, 2.75) is 32.2 Å². The second kappa shape index (κ2) is 10.6. The lowest BCUT2D eigenvalue weighted by molar-refractivity contribution is -0.118. The number of amides is 2. The van der Waals surface area contributed by atoms with Crippen molar-refractivity contribution >= 4 is 36.3 Å². The monoisotopic (exact) mass is 453 g/mol. The average molecular weight is 453 g/mol. The summed E-state index contributed by atoms with van der Waals surface area (Å²) in [6.07, 6.45) is 5.91. The van der Waals surface area contributed by atoms with Crippen LogP contribution in [0.1, 0.15) is 35.4 Å². The van der Waals surface area contributed by atoms with Crippen molar-refractivity contribution < 1.29 is 24.2 Å². The summed E-state index contributed by atoms with van der Waals surface area (Å²) in [5, 5.41) is 12.8. The van der Waals surface area contributed by atoms with Crippen LogP contribution in [0, 0.1) is 6.92 Å². The van der Waals surface area contributed by atoms with E-state index in [9.17, 15) is 19.5 Å². The fourth-order valence-corrected chi connectivity index (χ4v) is 3.46. The van der Waals surface area contributed by atoms with Crippen LogP contribution in [0.15, 0.2) is 35.5 Å². The molecule has 1 saturated heterocycles. The van der Waals surface area contributed by atoms with Gasteiger partial charge < -0.3 is 24.6 Å². The lowest BCUT2D eigenvalue weighted by atomic mass is 10.1. The topological polar surface area (TPSA) is 126 Å². The summed E-state index contributed by atoms with van der Waals surface area (Å²) in [5.41, 5.74) is 2.35. The minimum atomic E-state index is -0.259. The maximum atomic E-state index is 12.1. The van der Waals surface area contributed by atoms with Crippen molar-refractivity contribution in [1.29, 1.82) is 0 Å². The number of aliphatic imine (C=N–C) groups is 1. The number of phenols is 1. The number of hydrogen-bond acceptors (Lipinski definition) is 7. The van der Waals surface area contributed by atoms with Crippen LogP contribution in [0.5, 0.6) is 11.5 Å². The molecule has 0 spiro atoms. The Balaban J connectivity index is 1.53. The van der Waals surface area contributed by atoms with E-state index in [1.54, 1.807) is 36.5 Å². The minimum absolute atomic E-state index is 0.0189. The van der Waals surface area contributed by atoms with Gasteiger partial charge in [0.05, 0.1) is 18.3 Å². The molecule has 1 aromatic carbocycles. The number of rotatable bonds is 10. The van der Waals surface area contributed by atoms with Gasteiger partial charge in [-0.05, 0) is 31.4 Å². The summed E-state index contributed by atoms with van der Waals surface area (Å²) in [4.78, 5) is 44.2. The molecule has 1 aromatic heterocycles. The molecule has 2 N–H and O–H groups in total. The van der Waals surface area contributed by atoms with Gasteiger partial charge in [-0.2, -0.15) is 0 Å². The fourth-order valence-electron chi connectivity index (χ4n) is 3.46. The second-order valence-electron chi connectivity index (χ2n) is 7.90. The van der Waals surface area contributed by atoms with Crippen LogP contribution < -0.4 is 10.1 Å². The van der Waals surface area contributed by atoms with Gasteiger partial charge in [-0.25, -0.2) is 4.98 Å². The van der Waals surface area contributed by atoms with E-state index in [0.717, 1.165) is 17.5 Å². The summed E-state index contributed by atoms with van der Waals surface area (Å²) in [6.45, 7) is 6.47. The first-order chi connectivity index (χ1) is 15.8. The third-order valence-electron chi connectivity index (χ3n) is 5.22. The molecule has 0 radical (unpaired) electrons. The lowest BCUT2D eigenvalue weighted by Crippen LogP contribution is -2.28. The number of ether oxygens (including phenoxy) is 1. The number of anilines is 1. The van der Waals surface area contributed by atoms with Gasteiger partial charge in [0.1, 0.15) is 0 Å². The van der Waals surface area contributed by atoms with Gasteiger partial charge in [0.15, 0.2) is 29.4 Å². The quantitative estimate of drug-likeness (QED) is 0.246. The molecule has 10 nitrogen and oxygen atoms in total.